The van der Waals surface area contributed by atoms with Crippen molar-refractivity contribution in [1.82, 2.24) is 9.78 Å². The third kappa shape index (κ3) is 4.47. The van der Waals surface area contributed by atoms with Crippen molar-refractivity contribution < 1.29 is 14.6 Å². The number of rotatable bonds is 6. The molecule has 0 spiro atoms. The van der Waals surface area contributed by atoms with Crippen molar-refractivity contribution in [2.75, 3.05) is 7.11 Å². The van der Waals surface area contributed by atoms with Gasteiger partial charge in [-0.05, 0) is 48.7 Å². The zero-order valence-corrected chi connectivity index (χ0v) is 18.6. The molecule has 0 saturated carbocycles. The van der Waals surface area contributed by atoms with Crippen LogP contribution in [0.25, 0.3) is 16.7 Å². The van der Waals surface area contributed by atoms with E-state index in [2.05, 4.69) is 5.10 Å². The topological polar surface area (TPSA) is 56.5 Å². The largest absolute Gasteiger partial charge is 0.507 e. The van der Waals surface area contributed by atoms with Crippen LogP contribution in [0.15, 0.2) is 66.1 Å². The summed E-state index contributed by atoms with van der Waals surface area (Å²) in [6.45, 7) is 2.42. The monoisotopic (exact) mass is 436 g/mol. The predicted octanol–water partition coefficient (Wildman–Crippen LogP) is 6.22. The summed E-state index contributed by atoms with van der Waals surface area (Å²) in [5.41, 5.74) is 5.79. The van der Waals surface area contributed by atoms with Gasteiger partial charge in [0.25, 0.3) is 0 Å². The SMILES string of the molecule is COc1ccc(-c2c(C)nn(C)c2C2=C(O)C=C(OCc3ccc(Cl)cc3)CC2)cc1. The van der Waals surface area contributed by atoms with Gasteiger partial charge in [0.2, 0.25) is 0 Å². The van der Waals surface area contributed by atoms with E-state index in [1.807, 2.05) is 67.2 Å². The Bertz CT molecular complexity index is 1140. The maximum absolute atomic E-state index is 10.9. The van der Waals surface area contributed by atoms with Gasteiger partial charge in [0, 0.05) is 35.7 Å². The molecule has 0 fully saturated rings. The average molecular weight is 437 g/mol. The van der Waals surface area contributed by atoms with Crippen LogP contribution >= 0.6 is 11.6 Å². The molecule has 160 valence electrons. The number of hydrogen-bond acceptors (Lipinski definition) is 4. The third-order valence-corrected chi connectivity index (χ3v) is 5.70. The molecule has 4 rings (SSSR count). The lowest BCUT2D eigenvalue weighted by molar-refractivity contribution is 0.186. The van der Waals surface area contributed by atoms with Gasteiger partial charge in [0.05, 0.1) is 18.5 Å². The second-order valence-corrected chi connectivity index (χ2v) is 7.99. The van der Waals surface area contributed by atoms with Gasteiger partial charge in [0.15, 0.2) is 0 Å². The van der Waals surface area contributed by atoms with Crippen molar-refractivity contribution in [2.45, 2.75) is 26.4 Å². The van der Waals surface area contributed by atoms with Crippen LogP contribution in [0.4, 0.5) is 0 Å². The zero-order chi connectivity index (χ0) is 22.0. The van der Waals surface area contributed by atoms with E-state index in [1.54, 1.807) is 13.2 Å². The van der Waals surface area contributed by atoms with E-state index in [9.17, 15) is 5.11 Å². The van der Waals surface area contributed by atoms with Crippen LogP contribution in [0.1, 0.15) is 29.8 Å². The quantitative estimate of drug-likeness (QED) is 0.498. The first kappa shape index (κ1) is 21.1. The first-order chi connectivity index (χ1) is 15.0. The van der Waals surface area contributed by atoms with E-state index < -0.39 is 0 Å². The van der Waals surface area contributed by atoms with Crippen LogP contribution < -0.4 is 4.74 Å². The van der Waals surface area contributed by atoms with E-state index in [0.29, 0.717) is 24.5 Å². The molecule has 0 radical (unpaired) electrons. The van der Waals surface area contributed by atoms with E-state index in [1.165, 1.54) is 0 Å². The number of aryl methyl sites for hydroxylation is 2. The minimum absolute atomic E-state index is 0.218. The summed E-state index contributed by atoms with van der Waals surface area (Å²) in [6, 6.07) is 15.5. The minimum Gasteiger partial charge on any atom is -0.507 e. The fourth-order valence-corrected chi connectivity index (χ4v) is 4.03. The van der Waals surface area contributed by atoms with Crippen molar-refractivity contribution in [1.29, 1.82) is 0 Å². The van der Waals surface area contributed by atoms with E-state index in [4.69, 9.17) is 21.1 Å². The molecular weight excluding hydrogens is 412 g/mol. The Morgan fingerprint density at radius 3 is 2.42 bits per heavy atom. The summed E-state index contributed by atoms with van der Waals surface area (Å²) in [4.78, 5) is 0. The molecular formula is C25H25ClN2O3. The molecule has 0 saturated heterocycles. The summed E-state index contributed by atoms with van der Waals surface area (Å²) in [7, 11) is 3.56. The molecule has 2 aromatic carbocycles. The Morgan fingerprint density at radius 2 is 1.77 bits per heavy atom. The van der Waals surface area contributed by atoms with Crippen molar-refractivity contribution in [3.05, 3.63) is 88.1 Å². The van der Waals surface area contributed by atoms with Gasteiger partial charge in [-0.25, -0.2) is 0 Å². The van der Waals surface area contributed by atoms with E-state index in [-0.39, 0.29) is 5.76 Å². The number of methoxy groups -OCH3 is 1. The van der Waals surface area contributed by atoms with Crippen LogP contribution in [0.2, 0.25) is 5.02 Å². The highest BCUT2D eigenvalue weighted by Gasteiger charge is 2.24. The van der Waals surface area contributed by atoms with Crippen LogP contribution in [-0.2, 0) is 18.4 Å². The Balaban J connectivity index is 1.62. The van der Waals surface area contributed by atoms with E-state index in [0.717, 1.165) is 45.2 Å². The molecule has 1 aliphatic carbocycles. The van der Waals surface area contributed by atoms with Crippen molar-refractivity contribution in [2.24, 2.45) is 7.05 Å². The van der Waals surface area contributed by atoms with Gasteiger partial charge in [-0.3, -0.25) is 4.68 Å². The molecule has 1 aliphatic rings. The Kier molecular flexibility index (Phi) is 6.05. The van der Waals surface area contributed by atoms with Crippen LogP contribution in [0.5, 0.6) is 5.75 Å². The number of allylic oxidation sites excluding steroid dienone is 3. The summed E-state index contributed by atoms with van der Waals surface area (Å²) in [5, 5.41) is 16.2. The summed E-state index contributed by atoms with van der Waals surface area (Å²) >= 11 is 5.94. The molecule has 3 aromatic rings. The number of aliphatic hydroxyl groups is 1. The van der Waals surface area contributed by atoms with Gasteiger partial charge >= 0.3 is 0 Å². The lowest BCUT2D eigenvalue weighted by atomic mass is 9.93. The minimum atomic E-state index is 0.218. The molecule has 1 heterocycles. The number of ether oxygens (including phenoxy) is 2. The number of nitrogens with zero attached hydrogens (tertiary/aromatic N) is 2. The maximum atomic E-state index is 10.9. The molecule has 0 atom stereocenters. The molecule has 0 aliphatic heterocycles. The fraction of sp³-hybridized carbons (Fsp3) is 0.240. The summed E-state index contributed by atoms with van der Waals surface area (Å²) < 4.78 is 13.0. The smallest absolute Gasteiger partial charge is 0.124 e. The molecule has 31 heavy (non-hydrogen) atoms. The third-order valence-electron chi connectivity index (χ3n) is 5.45. The van der Waals surface area contributed by atoms with Crippen LogP contribution in [0.3, 0.4) is 0 Å². The second kappa shape index (κ2) is 8.90. The molecule has 0 unspecified atom stereocenters. The highest BCUT2D eigenvalue weighted by atomic mass is 35.5. The average Bonchev–Trinajstić information content (AvgIpc) is 3.07. The standard InChI is InChI=1S/C25H25ClN2O3/c1-16-24(18-6-10-20(30-3)11-7-18)25(28(2)27-16)22-13-12-21(14-23(22)29)31-15-17-4-8-19(26)9-5-17/h4-11,14,29H,12-13,15H2,1-3H3. The van der Waals surface area contributed by atoms with E-state index >= 15 is 0 Å². The Hall–Kier alpha value is -3.18. The molecule has 0 bridgehead atoms. The highest BCUT2D eigenvalue weighted by Crippen LogP contribution is 2.38. The predicted molar refractivity (Wildman–Crippen MR) is 123 cm³/mol. The summed E-state index contributed by atoms with van der Waals surface area (Å²) in [6.07, 6.45) is 3.09. The summed E-state index contributed by atoms with van der Waals surface area (Å²) in [5.74, 6) is 1.79. The fourth-order valence-electron chi connectivity index (χ4n) is 3.91. The molecule has 5 nitrogen and oxygen atoms in total. The maximum Gasteiger partial charge on any atom is 0.124 e. The molecule has 1 N–H and O–H groups in total. The number of hydrogen-bond donors (Lipinski definition) is 1. The zero-order valence-electron chi connectivity index (χ0n) is 17.9. The number of halogens is 1. The first-order valence-electron chi connectivity index (χ1n) is 10.1. The number of benzene rings is 2. The number of aliphatic hydroxyl groups excluding tert-OH is 1. The molecule has 6 heteroatoms. The molecule has 0 amide bonds. The van der Waals surface area contributed by atoms with Crippen molar-refractivity contribution >= 4 is 17.2 Å². The normalized spacial score (nSPS) is 13.9. The second-order valence-electron chi connectivity index (χ2n) is 7.55. The van der Waals surface area contributed by atoms with Gasteiger partial charge in [-0.2, -0.15) is 5.10 Å². The highest BCUT2D eigenvalue weighted by molar-refractivity contribution is 6.30. The van der Waals surface area contributed by atoms with Crippen molar-refractivity contribution in [3.8, 4) is 16.9 Å². The Morgan fingerprint density at radius 1 is 1.06 bits per heavy atom. The van der Waals surface area contributed by atoms with Crippen LogP contribution in [-0.4, -0.2) is 22.0 Å². The molecule has 1 aromatic heterocycles. The van der Waals surface area contributed by atoms with Crippen molar-refractivity contribution in [3.63, 3.8) is 0 Å². The van der Waals surface area contributed by atoms with Gasteiger partial charge in [0.1, 0.15) is 23.9 Å². The van der Waals surface area contributed by atoms with Crippen LogP contribution in [0, 0.1) is 6.92 Å². The number of aromatic nitrogens is 2. The van der Waals surface area contributed by atoms with Gasteiger partial charge in [-0.1, -0.05) is 35.9 Å². The first-order valence-corrected chi connectivity index (χ1v) is 10.5. The Labute approximate surface area is 187 Å². The van der Waals surface area contributed by atoms with Gasteiger partial charge < -0.3 is 14.6 Å². The van der Waals surface area contributed by atoms with Gasteiger partial charge in [-0.15, -0.1) is 0 Å². The lowest BCUT2D eigenvalue weighted by Gasteiger charge is -2.19. The lowest BCUT2D eigenvalue weighted by Crippen LogP contribution is -2.06.